The zero-order chi connectivity index (χ0) is 15.1. The number of H-pyrrole nitrogens is 1. The molecule has 0 amide bonds. The molecule has 106 valence electrons. The van der Waals surface area contributed by atoms with E-state index < -0.39 is 0 Å². The largest absolute Gasteiger partial charge is 0.352 e. The zero-order valence-corrected chi connectivity index (χ0v) is 11.6. The summed E-state index contributed by atoms with van der Waals surface area (Å²) in [5.41, 5.74) is 1.71. The van der Waals surface area contributed by atoms with Gasteiger partial charge in [-0.1, -0.05) is 54.6 Å². The Labute approximate surface area is 126 Å². The van der Waals surface area contributed by atoms with Crippen LogP contribution in [0, 0.1) is 5.82 Å². The molecule has 1 heterocycles. The molecule has 0 aliphatic rings. The highest BCUT2D eigenvalue weighted by atomic mass is 19.1. The summed E-state index contributed by atoms with van der Waals surface area (Å²) in [5, 5.41) is 2.23. The number of carbonyl (C=O) groups excluding carboxylic acids is 1. The SMILES string of the molecule is O=C(c1ccccc1)c1cc2c(cc(F)c3ccccc32)[nH]1. The quantitative estimate of drug-likeness (QED) is 0.533. The van der Waals surface area contributed by atoms with Gasteiger partial charge < -0.3 is 4.98 Å². The Morgan fingerprint density at radius 2 is 1.50 bits per heavy atom. The fourth-order valence-electron chi connectivity index (χ4n) is 2.81. The van der Waals surface area contributed by atoms with Crippen LogP contribution in [0.5, 0.6) is 0 Å². The van der Waals surface area contributed by atoms with Crippen LogP contribution in [0.4, 0.5) is 4.39 Å². The van der Waals surface area contributed by atoms with Crippen LogP contribution < -0.4 is 0 Å². The van der Waals surface area contributed by atoms with E-state index in [1.165, 1.54) is 6.07 Å². The fourth-order valence-corrected chi connectivity index (χ4v) is 2.81. The Balaban J connectivity index is 1.95. The minimum Gasteiger partial charge on any atom is -0.352 e. The van der Waals surface area contributed by atoms with Crippen molar-refractivity contribution in [3.8, 4) is 0 Å². The first-order valence-electron chi connectivity index (χ1n) is 7.04. The van der Waals surface area contributed by atoms with E-state index >= 15 is 0 Å². The molecule has 3 aromatic carbocycles. The number of nitrogens with one attached hydrogen (secondary N) is 1. The lowest BCUT2D eigenvalue weighted by molar-refractivity contribution is 0.103. The number of benzene rings is 3. The highest BCUT2D eigenvalue weighted by Gasteiger charge is 2.14. The van der Waals surface area contributed by atoms with Gasteiger partial charge in [0, 0.05) is 21.9 Å². The number of carbonyl (C=O) groups is 1. The van der Waals surface area contributed by atoms with Crippen LogP contribution in [0.2, 0.25) is 0 Å². The van der Waals surface area contributed by atoms with Crippen molar-refractivity contribution in [1.29, 1.82) is 0 Å². The van der Waals surface area contributed by atoms with Crippen molar-refractivity contribution in [2.24, 2.45) is 0 Å². The molecule has 0 fully saturated rings. The molecular formula is C19H12FNO. The van der Waals surface area contributed by atoms with Crippen molar-refractivity contribution in [2.75, 3.05) is 0 Å². The van der Waals surface area contributed by atoms with Crippen molar-refractivity contribution >= 4 is 27.5 Å². The van der Waals surface area contributed by atoms with Crippen LogP contribution in [0.1, 0.15) is 16.1 Å². The summed E-state index contributed by atoms with van der Waals surface area (Å²) in [6, 6.07) is 19.6. The van der Waals surface area contributed by atoms with Crippen LogP contribution in [-0.2, 0) is 0 Å². The Morgan fingerprint density at radius 3 is 2.27 bits per heavy atom. The van der Waals surface area contributed by atoms with Crippen LogP contribution in [-0.4, -0.2) is 10.8 Å². The Bertz CT molecular complexity index is 1000. The van der Waals surface area contributed by atoms with Gasteiger partial charge in [0.25, 0.3) is 0 Å². The molecule has 0 aliphatic carbocycles. The summed E-state index contributed by atoms with van der Waals surface area (Å²) in [4.78, 5) is 15.5. The molecular weight excluding hydrogens is 277 g/mol. The summed E-state index contributed by atoms with van der Waals surface area (Å²) in [5.74, 6) is -0.384. The van der Waals surface area contributed by atoms with Gasteiger partial charge in [-0.25, -0.2) is 4.39 Å². The van der Waals surface area contributed by atoms with Gasteiger partial charge in [0.15, 0.2) is 0 Å². The molecule has 0 radical (unpaired) electrons. The summed E-state index contributed by atoms with van der Waals surface area (Å²) in [6.07, 6.45) is 0. The molecule has 1 aromatic heterocycles. The van der Waals surface area contributed by atoms with Gasteiger partial charge in [0.1, 0.15) is 5.82 Å². The van der Waals surface area contributed by atoms with Crippen LogP contribution >= 0.6 is 0 Å². The van der Waals surface area contributed by atoms with Gasteiger partial charge in [0.05, 0.1) is 5.69 Å². The predicted molar refractivity (Wildman–Crippen MR) is 85.6 cm³/mol. The van der Waals surface area contributed by atoms with E-state index in [0.717, 1.165) is 10.8 Å². The topological polar surface area (TPSA) is 32.9 Å². The summed E-state index contributed by atoms with van der Waals surface area (Å²) in [6.45, 7) is 0. The minimum atomic E-state index is -0.288. The Morgan fingerprint density at radius 1 is 0.818 bits per heavy atom. The number of aromatic nitrogens is 1. The number of rotatable bonds is 2. The number of fused-ring (bicyclic) bond motifs is 3. The van der Waals surface area contributed by atoms with E-state index in [0.29, 0.717) is 22.2 Å². The average molecular weight is 289 g/mol. The highest BCUT2D eigenvalue weighted by Crippen LogP contribution is 2.29. The molecule has 0 spiro atoms. The molecule has 0 unspecified atom stereocenters. The van der Waals surface area contributed by atoms with E-state index in [9.17, 15) is 9.18 Å². The van der Waals surface area contributed by atoms with E-state index in [1.807, 2.05) is 30.3 Å². The van der Waals surface area contributed by atoms with E-state index in [4.69, 9.17) is 0 Å². The molecule has 3 heteroatoms. The maximum Gasteiger partial charge on any atom is 0.209 e. The van der Waals surface area contributed by atoms with Gasteiger partial charge in [-0.3, -0.25) is 4.79 Å². The van der Waals surface area contributed by atoms with Crippen molar-refractivity contribution in [3.63, 3.8) is 0 Å². The summed E-state index contributed by atoms with van der Waals surface area (Å²) in [7, 11) is 0. The second-order valence-corrected chi connectivity index (χ2v) is 5.24. The predicted octanol–water partition coefficient (Wildman–Crippen LogP) is 4.69. The lowest BCUT2D eigenvalue weighted by Crippen LogP contribution is -2.00. The minimum absolute atomic E-state index is 0.0960. The molecule has 1 N–H and O–H groups in total. The lowest BCUT2D eigenvalue weighted by Gasteiger charge is -2.00. The number of aromatic amines is 1. The normalized spacial score (nSPS) is 11.1. The summed E-state index contributed by atoms with van der Waals surface area (Å²) < 4.78 is 14.1. The van der Waals surface area contributed by atoms with Gasteiger partial charge in [-0.15, -0.1) is 0 Å². The number of ketones is 1. The second kappa shape index (κ2) is 4.81. The smallest absolute Gasteiger partial charge is 0.209 e. The van der Waals surface area contributed by atoms with Crippen molar-refractivity contribution in [2.45, 2.75) is 0 Å². The Hall–Kier alpha value is -2.94. The average Bonchev–Trinajstić information content (AvgIpc) is 2.99. The number of hydrogen-bond acceptors (Lipinski definition) is 1. The second-order valence-electron chi connectivity index (χ2n) is 5.24. The van der Waals surface area contributed by atoms with Crippen molar-refractivity contribution < 1.29 is 9.18 Å². The standard InChI is InChI=1S/C19H12FNO/c20-16-11-17-15(13-8-4-5-9-14(13)16)10-18(21-17)19(22)12-6-2-1-3-7-12/h1-11,21H. The fraction of sp³-hybridized carbons (Fsp3) is 0. The van der Waals surface area contributed by atoms with E-state index in [2.05, 4.69) is 4.98 Å². The summed E-state index contributed by atoms with van der Waals surface area (Å²) >= 11 is 0. The molecule has 4 rings (SSSR count). The molecule has 0 bridgehead atoms. The Kier molecular flexibility index (Phi) is 2.79. The van der Waals surface area contributed by atoms with Gasteiger partial charge in [-0.05, 0) is 17.5 Å². The molecule has 0 aliphatic heterocycles. The third kappa shape index (κ3) is 1.91. The maximum absolute atomic E-state index is 14.1. The molecule has 0 atom stereocenters. The lowest BCUT2D eigenvalue weighted by atomic mass is 10.0. The molecule has 22 heavy (non-hydrogen) atoms. The van der Waals surface area contributed by atoms with Crippen LogP contribution in [0.3, 0.4) is 0 Å². The van der Waals surface area contributed by atoms with E-state index in [1.54, 1.807) is 30.3 Å². The molecule has 0 saturated carbocycles. The van der Waals surface area contributed by atoms with Crippen LogP contribution in [0.25, 0.3) is 21.7 Å². The highest BCUT2D eigenvalue weighted by molar-refractivity contribution is 6.14. The third-order valence-corrected chi connectivity index (χ3v) is 3.87. The molecule has 4 aromatic rings. The molecule has 0 saturated heterocycles. The first kappa shape index (κ1) is 12.8. The number of hydrogen-bond donors (Lipinski definition) is 1. The number of halogens is 1. The van der Waals surface area contributed by atoms with Crippen molar-refractivity contribution in [3.05, 3.63) is 83.8 Å². The van der Waals surface area contributed by atoms with Crippen LogP contribution in [0.15, 0.2) is 66.7 Å². The first-order chi connectivity index (χ1) is 10.7. The van der Waals surface area contributed by atoms with E-state index in [-0.39, 0.29) is 11.6 Å². The monoisotopic (exact) mass is 289 g/mol. The maximum atomic E-state index is 14.1. The first-order valence-corrected chi connectivity index (χ1v) is 7.04. The van der Waals surface area contributed by atoms with Gasteiger partial charge in [0.2, 0.25) is 5.78 Å². The molecule has 2 nitrogen and oxygen atoms in total. The van der Waals surface area contributed by atoms with Gasteiger partial charge >= 0.3 is 0 Å². The van der Waals surface area contributed by atoms with Crippen molar-refractivity contribution in [1.82, 2.24) is 4.98 Å². The third-order valence-electron chi connectivity index (χ3n) is 3.87. The van der Waals surface area contributed by atoms with Gasteiger partial charge in [-0.2, -0.15) is 0 Å². The zero-order valence-electron chi connectivity index (χ0n) is 11.6.